The topological polar surface area (TPSA) is 39.2 Å². The van der Waals surface area contributed by atoms with Crippen molar-refractivity contribution < 1.29 is 22.7 Å². The molecule has 0 unspecified atom stereocenters. The van der Waals surface area contributed by atoms with Gasteiger partial charge in [-0.3, -0.25) is 9.78 Å². The van der Waals surface area contributed by atoms with Crippen LogP contribution in [-0.2, 0) is 6.42 Å². The van der Waals surface area contributed by atoms with Gasteiger partial charge in [0.15, 0.2) is 5.78 Å². The minimum Gasteiger partial charge on any atom is -0.406 e. The second-order valence-electron chi connectivity index (χ2n) is 4.13. The van der Waals surface area contributed by atoms with Gasteiger partial charge in [-0.1, -0.05) is 12.1 Å². The Labute approximate surface area is 126 Å². The van der Waals surface area contributed by atoms with E-state index in [4.69, 9.17) is 0 Å². The predicted octanol–water partition coefficient (Wildman–Crippen LogP) is 4.17. The Balaban J connectivity index is 2.07. The highest BCUT2D eigenvalue weighted by atomic mass is 79.9. The Morgan fingerprint density at radius 2 is 1.86 bits per heavy atom. The van der Waals surface area contributed by atoms with Gasteiger partial charge in [0.25, 0.3) is 0 Å². The summed E-state index contributed by atoms with van der Waals surface area (Å²) < 4.78 is 40.4. The summed E-state index contributed by atoms with van der Waals surface area (Å²) in [5.41, 5.74) is 0.861. The third-order valence-electron chi connectivity index (χ3n) is 2.54. The fourth-order valence-electron chi connectivity index (χ4n) is 1.67. The van der Waals surface area contributed by atoms with Gasteiger partial charge in [0, 0.05) is 17.1 Å². The van der Waals surface area contributed by atoms with Crippen LogP contribution in [0.25, 0.3) is 0 Å². The zero-order valence-corrected chi connectivity index (χ0v) is 12.1. The molecular weight excluding hydrogens is 351 g/mol. The van der Waals surface area contributed by atoms with E-state index in [2.05, 4.69) is 25.7 Å². The Morgan fingerprint density at radius 1 is 1.19 bits per heavy atom. The molecule has 0 spiro atoms. The average molecular weight is 360 g/mol. The van der Waals surface area contributed by atoms with Crippen molar-refractivity contribution in [1.82, 2.24) is 4.98 Å². The van der Waals surface area contributed by atoms with Gasteiger partial charge in [-0.05, 0) is 45.8 Å². The van der Waals surface area contributed by atoms with Crippen LogP contribution in [0.5, 0.6) is 5.75 Å². The van der Waals surface area contributed by atoms with E-state index >= 15 is 0 Å². The van der Waals surface area contributed by atoms with E-state index in [1.807, 2.05) is 0 Å². The maximum atomic E-state index is 12.0. The van der Waals surface area contributed by atoms with Crippen molar-refractivity contribution in [3.05, 3.63) is 58.3 Å². The zero-order chi connectivity index (χ0) is 15.5. The number of nitrogens with zero attached hydrogens (tertiary/aromatic N) is 1. The number of alkyl halides is 3. The molecule has 1 aromatic carbocycles. The van der Waals surface area contributed by atoms with Gasteiger partial charge in [-0.25, -0.2) is 0 Å². The van der Waals surface area contributed by atoms with E-state index in [-0.39, 0.29) is 23.6 Å². The molecule has 0 aliphatic rings. The number of halogens is 4. The van der Waals surface area contributed by atoms with Gasteiger partial charge < -0.3 is 4.74 Å². The molecular formula is C14H9BrF3NO2. The predicted molar refractivity (Wildman–Crippen MR) is 73.1 cm³/mol. The van der Waals surface area contributed by atoms with E-state index in [0.29, 0.717) is 10.0 Å². The lowest BCUT2D eigenvalue weighted by Gasteiger charge is -2.09. The van der Waals surface area contributed by atoms with Crippen molar-refractivity contribution in [1.29, 1.82) is 0 Å². The van der Waals surface area contributed by atoms with Gasteiger partial charge in [-0.15, -0.1) is 13.2 Å². The van der Waals surface area contributed by atoms with Crippen LogP contribution < -0.4 is 4.74 Å². The van der Waals surface area contributed by atoms with E-state index < -0.39 is 6.36 Å². The smallest absolute Gasteiger partial charge is 0.406 e. The number of ketones is 1. The fraction of sp³-hybridized carbons (Fsp3) is 0.143. The number of hydrogen-bond acceptors (Lipinski definition) is 3. The summed E-state index contributed by atoms with van der Waals surface area (Å²) in [6.07, 6.45) is -3.18. The Morgan fingerprint density at radius 3 is 2.43 bits per heavy atom. The first-order valence-electron chi connectivity index (χ1n) is 5.83. The summed E-state index contributed by atoms with van der Waals surface area (Å²) in [7, 11) is 0. The lowest BCUT2D eigenvalue weighted by Crippen LogP contribution is -2.17. The van der Waals surface area contributed by atoms with Crippen LogP contribution in [0, 0.1) is 0 Å². The lowest BCUT2D eigenvalue weighted by atomic mass is 10.1. The molecule has 110 valence electrons. The van der Waals surface area contributed by atoms with Crippen LogP contribution in [0.4, 0.5) is 13.2 Å². The van der Waals surface area contributed by atoms with Crippen LogP contribution in [0.1, 0.15) is 16.1 Å². The first-order chi connectivity index (χ1) is 9.85. The van der Waals surface area contributed by atoms with Gasteiger partial charge in [0.05, 0.1) is 0 Å². The molecule has 0 amide bonds. The molecule has 1 aromatic heterocycles. The molecule has 21 heavy (non-hydrogen) atoms. The highest BCUT2D eigenvalue weighted by Gasteiger charge is 2.30. The van der Waals surface area contributed by atoms with Crippen LogP contribution in [0.3, 0.4) is 0 Å². The molecule has 0 N–H and O–H groups in total. The summed E-state index contributed by atoms with van der Waals surface area (Å²) >= 11 is 3.23. The van der Waals surface area contributed by atoms with Crippen LogP contribution in [0.15, 0.2) is 47.1 Å². The maximum absolute atomic E-state index is 12.0. The summed E-state index contributed by atoms with van der Waals surface area (Å²) in [5.74, 6) is -0.551. The number of carbonyl (C=O) groups excluding carboxylic acids is 1. The van der Waals surface area contributed by atoms with E-state index in [1.165, 1.54) is 30.5 Å². The largest absolute Gasteiger partial charge is 0.573 e. The van der Waals surface area contributed by atoms with Crippen molar-refractivity contribution in [2.45, 2.75) is 12.8 Å². The van der Waals surface area contributed by atoms with Crippen LogP contribution in [-0.4, -0.2) is 17.1 Å². The van der Waals surface area contributed by atoms with Crippen molar-refractivity contribution in [2.24, 2.45) is 0 Å². The van der Waals surface area contributed by atoms with Gasteiger partial charge >= 0.3 is 6.36 Å². The molecule has 0 aliphatic carbocycles. The molecule has 0 radical (unpaired) electrons. The van der Waals surface area contributed by atoms with Crippen molar-refractivity contribution >= 4 is 21.7 Å². The van der Waals surface area contributed by atoms with Gasteiger partial charge in [0.2, 0.25) is 0 Å². The molecule has 1 heterocycles. The number of carbonyl (C=O) groups is 1. The van der Waals surface area contributed by atoms with E-state index in [1.54, 1.807) is 12.1 Å². The quantitative estimate of drug-likeness (QED) is 0.769. The van der Waals surface area contributed by atoms with Gasteiger partial charge in [-0.2, -0.15) is 0 Å². The van der Waals surface area contributed by atoms with E-state index in [0.717, 1.165) is 0 Å². The van der Waals surface area contributed by atoms with Crippen LogP contribution >= 0.6 is 15.9 Å². The minimum atomic E-state index is -4.73. The van der Waals surface area contributed by atoms with Crippen molar-refractivity contribution in [3.8, 4) is 5.75 Å². The molecule has 0 aliphatic heterocycles. The summed E-state index contributed by atoms with van der Waals surface area (Å²) in [5, 5.41) is 0. The third-order valence-corrected chi connectivity index (χ3v) is 3.18. The molecule has 0 bridgehead atoms. The zero-order valence-electron chi connectivity index (χ0n) is 10.5. The first kappa shape index (κ1) is 15.5. The third kappa shape index (κ3) is 4.56. The molecule has 2 rings (SSSR count). The summed E-state index contributed by atoms with van der Waals surface area (Å²) in [6.45, 7) is 0. The number of benzene rings is 1. The average Bonchev–Trinajstić information content (AvgIpc) is 2.40. The number of pyridine rings is 1. The summed E-state index contributed by atoms with van der Waals surface area (Å²) in [6, 6.07) is 8.55. The van der Waals surface area contributed by atoms with Crippen molar-refractivity contribution in [2.75, 3.05) is 0 Å². The van der Waals surface area contributed by atoms with E-state index in [9.17, 15) is 18.0 Å². The highest BCUT2D eigenvalue weighted by Crippen LogP contribution is 2.23. The number of rotatable bonds is 4. The standard InChI is InChI=1S/C14H9BrF3NO2/c15-11-2-1-7-19-13(11)12(20)8-9-3-5-10(6-4-9)21-14(16,17)18/h1-7H,8H2. The SMILES string of the molecule is O=C(Cc1ccc(OC(F)(F)F)cc1)c1ncccc1Br. The second kappa shape index (κ2) is 6.26. The number of hydrogen-bond donors (Lipinski definition) is 0. The number of Topliss-reactive ketones (excluding diaryl/α,β-unsaturated/α-hetero) is 1. The minimum absolute atomic E-state index is 0.0436. The molecule has 0 atom stereocenters. The summed E-state index contributed by atoms with van der Waals surface area (Å²) in [4.78, 5) is 16.0. The molecule has 3 nitrogen and oxygen atoms in total. The van der Waals surface area contributed by atoms with Gasteiger partial charge in [0.1, 0.15) is 11.4 Å². The Kier molecular flexibility index (Phi) is 4.62. The number of aromatic nitrogens is 1. The second-order valence-corrected chi connectivity index (χ2v) is 4.98. The maximum Gasteiger partial charge on any atom is 0.573 e. The molecule has 0 fully saturated rings. The normalized spacial score (nSPS) is 11.2. The first-order valence-corrected chi connectivity index (χ1v) is 6.63. The van der Waals surface area contributed by atoms with Crippen LogP contribution in [0.2, 0.25) is 0 Å². The lowest BCUT2D eigenvalue weighted by molar-refractivity contribution is -0.274. The molecule has 7 heteroatoms. The Hall–Kier alpha value is -1.89. The molecule has 0 saturated heterocycles. The highest BCUT2D eigenvalue weighted by molar-refractivity contribution is 9.10. The number of ether oxygens (including phenoxy) is 1. The van der Waals surface area contributed by atoms with Crippen molar-refractivity contribution in [3.63, 3.8) is 0 Å². The molecule has 0 saturated carbocycles. The molecule has 2 aromatic rings. The Bertz CT molecular complexity index is 641. The fourth-order valence-corrected chi connectivity index (χ4v) is 2.15. The monoisotopic (exact) mass is 359 g/mol.